The van der Waals surface area contributed by atoms with E-state index < -0.39 is 5.12 Å². The molecule has 0 amide bonds. The predicted molar refractivity (Wildman–Crippen MR) is 46.0 cm³/mol. The maximum Gasteiger partial charge on any atom is 0.231 e. The van der Waals surface area contributed by atoms with Gasteiger partial charge in [-0.3, -0.25) is 0 Å². The maximum absolute atomic E-state index is 8.74. The van der Waals surface area contributed by atoms with Crippen molar-refractivity contribution in [2.75, 3.05) is 6.61 Å². The van der Waals surface area contributed by atoms with Crippen LogP contribution in [0, 0.1) is 0 Å². The number of aliphatic hydroxyl groups is 1. The second-order valence-corrected chi connectivity index (χ2v) is 3.39. The second kappa shape index (κ2) is 3.19. The lowest BCUT2D eigenvalue weighted by atomic mass is 10.4. The Labute approximate surface area is 78.7 Å². The third-order valence-corrected chi connectivity index (χ3v) is 1.75. The van der Waals surface area contributed by atoms with E-state index in [2.05, 4.69) is 10.3 Å². The van der Waals surface area contributed by atoms with Crippen LogP contribution in [0.5, 0.6) is 0 Å². The van der Waals surface area contributed by atoms with Gasteiger partial charge in [0.15, 0.2) is 0 Å². The molecule has 6 heteroatoms. The van der Waals surface area contributed by atoms with Crippen molar-refractivity contribution in [3.8, 4) is 0 Å². The number of halogens is 3. The van der Waals surface area contributed by atoms with Gasteiger partial charge in [0.2, 0.25) is 5.12 Å². The Kier molecular flexibility index (Phi) is 2.65. The van der Waals surface area contributed by atoms with Gasteiger partial charge in [-0.1, -0.05) is 34.8 Å². The van der Waals surface area contributed by atoms with Crippen LogP contribution in [0.15, 0.2) is 16.2 Å². The number of nitrogens with one attached hydrogen (secondary N) is 1. The molecule has 1 heterocycles. The van der Waals surface area contributed by atoms with Crippen LogP contribution in [0.3, 0.4) is 0 Å². The highest BCUT2D eigenvalue weighted by atomic mass is 35.5. The van der Waals surface area contributed by atoms with E-state index >= 15 is 0 Å². The molecule has 0 aliphatic carbocycles. The number of nitrogens with zero attached hydrogens (tertiary/aromatic N) is 1. The van der Waals surface area contributed by atoms with Crippen molar-refractivity contribution >= 4 is 40.0 Å². The molecule has 0 aromatic carbocycles. The normalized spacial score (nSPS) is 30.5. The molecule has 0 radical (unpaired) electrons. The van der Waals surface area contributed by atoms with Gasteiger partial charge < -0.3 is 10.4 Å². The fourth-order valence-electron chi connectivity index (χ4n) is 0.628. The van der Waals surface area contributed by atoms with E-state index in [0.717, 1.165) is 0 Å². The topological polar surface area (TPSA) is 44.6 Å². The van der Waals surface area contributed by atoms with Gasteiger partial charge in [0.25, 0.3) is 0 Å². The molecule has 1 unspecified atom stereocenters. The Bertz CT molecular complexity index is 228. The van der Waals surface area contributed by atoms with Crippen LogP contribution in [0.25, 0.3) is 0 Å². The number of aliphatic imine (C=N–C) groups is 1. The van der Waals surface area contributed by atoms with Gasteiger partial charge in [-0.25, -0.2) is 4.99 Å². The Morgan fingerprint density at radius 2 is 2.27 bits per heavy atom. The monoisotopic (exact) mass is 214 g/mol. The van der Waals surface area contributed by atoms with Crippen LogP contribution in [0.4, 0.5) is 0 Å². The number of hydrogen-bond acceptors (Lipinski definition) is 3. The molecule has 0 saturated carbocycles. The number of alkyl halides is 1. The van der Waals surface area contributed by atoms with Gasteiger partial charge in [0, 0.05) is 6.08 Å². The molecular formula is C5H5Cl3N2O. The lowest BCUT2D eigenvalue weighted by molar-refractivity contribution is 0.233. The molecule has 3 nitrogen and oxygen atoms in total. The summed E-state index contributed by atoms with van der Waals surface area (Å²) in [4.78, 5) is 3.71. The molecule has 11 heavy (non-hydrogen) atoms. The SMILES string of the molecule is OCC1(Cl)N=C(Cl)C=C(Cl)N1. The Balaban J connectivity index is 2.86. The van der Waals surface area contributed by atoms with Gasteiger partial charge in [0.05, 0.1) is 0 Å². The molecule has 1 aliphatic heterocycles. The third kappa shape index (κ3) is 2.24. The van der Waals surface area contributed by atoms with Crippen molar-refractivity contribution in [3.63, 3.8) is 0 Å². The first-order valence-corrected chi connectivity index (χ1v) is 3.90. The highest BCUT2D eigenvalue weighted by Crippen LogP contribution is 2.21. The average molecular weight is 215 g/mol. The molecule has 0 saturated heterocycles. The minimum absolute atomic E-state index is 0.165. The largest absolute Gasteiger partial charge is 0.390 e. The van der Waals surface area contributed by atoms with E-state index in [-0.39, 0.29) is 16.9 Å². The van der Waals surface area contributed by atoms with E-state index in [9.17, 15) is 0 Å². The van der Waals surface area contributed by atoms with Crippen LogP contribution < -0.4 is 5.32 Å². The third-order valence-electron chi connectivity index (χ3n) is 1.05. The molecule has 1 atom stereocenters. The molecule has 0 bridgehead atoms. The maximum atomic E-state index is 8.74. The standard InChI is InChI=1S/C5H5Cl3N2O/c6-3-1-4(7)10-5(8,2-11)9-3/h1,9,11H,2H2. The quantitative estimate of drug-likeness (QED) is 0.510. The molecule has 0 fully saturated rings. The van der Waals surface area contributed by atoms with Crippen molar-refractivity contribution in [1.29, 1.82) is 0 Å². The lowest BCUT2D eigenvalue weighted by Crippen LogP contribution is -2.42. The van der Waals surface area contributed by atoms with Crippen LogP contribution in [-0.4, -0.2) is 22.0 Å². The van der Waals surface area contributed by atoms with E-state index in [4.69, 9.17) is 39.9 Å². The fourth-order valence-corrected chi connectivity index (χ4v) is 1.48. The minimum Gasteiger partial charge on any atom is -0.390 e. The summed E-state index contributed by atoms with van der Waals surface area (Å²) in [5.41, 5.74) is 0. The summed E-state index contributed by atoms with van der Waals surface area (Å²) >= 11 is 16.8. The summed E-state index contributed by atoms with van der Waals surface area (Å²) in [5, 5.41) is 10.4. The number of allylic oxidation sites excluding steroid dienone is 1. The molecule has 0 aromatic rings. The highest BCUT2D eigenvalue weighted by Gasteiger charge is 2.28. The van der Waals surface area contributed by atoms with Gasteiger partial charge in [-0.15, -0.1) is 0 Å². The van der Waals surface area contributed by atoms with E-state index in [1.54, 1.807) is 0 Å². The smallest absolute Gasteiger partial charge is 0.231 e. The summed E-state index contributed by atoms with van der Waals surface area (Å²) in [6.45, 7) is -0.380. The Hall–Kier alpha value is 0.0400. The zero-order chi connectivity index (χ0) is 8.48. The molecular weight excluding hydrogens is 210 g/mol. The Morgan fingerprint density at radius 3 is 2.73 bits per heavy atom. The average Bonchev–Trinajstić information content (AvgIpc) is 1.84. The first kappa shape index (κ1) is 9.13. The number of aliphatic hydroxyl groups excluding tert-OH is 1. The summed E-state index contributed by atoms with van der Waals surface area (Å²) in [7, 11) is 0. The minimum atomic E-state index is -1.30. The zero-order valence-corrected chi connectivity index (χ0v) is 7.58. The van der Waals surface area contributed by atoms with E-state index in [1.807, 2.05) is 0 Å². The van der Waals surface area contributed by atoms with Crippen LogP contribution in [0.2, 0.25) is 0 Å². The summed E-state index contributed by atoms with van der Waals surface area (Å²) in [6.07, 6.45) is 1.40. The van der Waals surface area contributed by atoms with Crippen molar-refractivity contribution in [2.24, 2.45) is 4.99 Å². The van der Waals surface area contributed by atoms with Crippen LogP contribution in [-0.2, 0) is 0 Å². The summed E-state index contributed by atoms with van der Waals surface area (Å²) in [5.74, 6) is 0. The van der Waals surface area contributed by atoms with Crippen molar-refractivity contribution in [2.45, 2.75) is 5.12 Å². The molecule has 0 aromatic heterocycles. The predicted octanol–water partition coefficient (Wildman–Crippen LogP) is 1.19. The van der Waals surface area contributed by atoms with Gasteiger partial charge >= 0.3 is 0 Å². The summed E-state index contributed by atoms with van der Waals surface area (Å²) < 4.78 is 0. The molecule has 62 valence electrons. The second-order valence-electron chi connectivity index (χ2n) is 1.97. The molecule has 2 N–H and O–H groups in total. The lowest BCUT2D eigenvalue weighted by Gasteiger charge is -2.25. The van der Waals surface area contributed by atoms with E-state index in [1.165, 1.54) is 6.08 Å². The highest BCUT2D eigenvalue weighted by molar-refractivity contribution is 6.69. The number of rotatable bonds is 1. The van der Waals surface area contributed by atoms with Crippen molar-refractivity contribution < 1.29 is 5.11 Å². The zero-order valence-electron chi connectivity index (χ0n) is 5.31. The van der Waals surface area contributed by atoms with Gasteiger partial charge in [-0.05, 0) is 0 Å². The number of hydrogen-bond donors (Lipinski definition) is 2. The van der Waals surface area contributed by atoms with Crippen molar-refractivity contribution in [1.82, 2.24) is 5.32 Å². The Morgan fingerprint density at radius 1 is 1.64 bits per heavy atom. The van der Waals surface area contributed by atoms with Gasteiger partial charge in [0.1, 0.15) is 16.9 Å². The van der Waals surface area contributed by atoms with Crippen LogP contribution >= 0.6 is 34.8 Å². The molecule has 0 spiro atoms. The van der Waals surface area contributed by atoms with Gasteiger partial charge in [-0.2, -0.15) is 0 Å². The fraction of sp³-hybridized carbons (Fsp3) is 0.400. The van der Waals surface area contributed by atoms with Crippen LogP contribution in [0.1, 0.15) is 0 Å². The molecule has 1 rings (SSSR count). The molecule has 1 aliphatic rings. The van der Waals surface area contributed by atoms with E-state index in [0.29, 0.717) is 0 Å². The first-order valence-electron chi connectivity index (χ1n) is 2.76. The van der Waals surface area contributed by atoms with Crippen molar-refractivity contribution in [3.05, 3.63) is 11.2 Å². The first-order chi connectivity index (χ1) is 5.06. The summed E-state index contributed by atoms with van der Waals surface area (Å²) in [6, 6.07) is 0.